The molecule has 1 aromatic rings. The molecule has 3 N–H and O–H groups in total. The number of allylic oxidation sites excluding steroid dienone is 3. The molecule has 2 bridgehead atoms. The van der Waals surface area contributed by atoms with Crippen molar-refractivity contribution in [3.05, 3.63) is 52.6 Å². The molecule has 3 rings (SSSR count). The predicted molar refractivity (Wildman–Crippen MR) is 134 cm³/mol. The monoisotopic (exact) mass is 520 g/mol. The minimum absolute atomic E-state index is 0.145. The quantitative estimate of drug-likeness (QED) is 0.254. The van der Waals surface area contributed by atoms with Crippen LogP contribution in [0.5, 0.6) is 5.75 Å². The summed E-state index contributed by atoms with van der Waals surface area (Å²) in [7, 11) is 0. The fourth-order valence-electron chi connectivity index (χ4n) is 4.90. The van der Waals surface area contributed by atoms with Crippen LogP contribution in [0.3, 0.4) is 0 Å². The average Bonchev–Trinajstić information content (AvgIpc) is 2.72. The lowest BCUT2D eigenvalue weighted by Crippen LogP contribution is -2.43. The van der Waals surface area contributed by atoms with E-state index < -0.39 is 23.3 Å². The van der Waals surface area contributed by atoms with E-state index in [9.17, 15) is 20.1 Å². The standard InChI is InChI=1S/C27H37BrO5/c1-16-6-7-17(2)21-15-19-14-18(8-10-22(19)29)25(30)33-24(26(3,4)31)12-13-27(5,32)23(28)11-9-20(16)21/h8,10,14,20,23-24,29,31-32H,1,6-7,9,11-13,15H2,2-5H3/t20?,23-,24+,27+/m1/s1. The molecule has 1 aliphatic heterocycles. The molecular weight excluding hydrogens is 484 g/mol. The van der Waals surface area contributed by atoms with Crippen molar-refractivity contribution < 1.29 is 24.9 Å². The Kier molecular flexibility index (Phi) is 7.82. The second-order valence-electron chi connectivity index (χ2n) is 10.5. The summed E-state index contributed by atoms with van der Waals surface area (Å²) in [6.45, 7) is 11.5. The van der Waals surface area contributed by atoms with Crippen molar-refractivity contribution >= 4 is 21.9 Å². The zero-order chi connectivity index (χ0) is 24.6. The number of rotatable bonds is 1. The number of benzene rings is 1. The number of hydrogen-bond donors (Lipinski definition) is 3. The third-order valence-electron chi connectivity index (χ3n) is 7.31. The Labute approximate surface area is 205 Å². The molecule has 0 amide bonds. The normalized spacial score (nSPS) is 30.2. The van der Waals surface area contributed by atoms with E-state index in [4.69, 9.17) is 4.74 Å². The van der Waals surface area contributed by atoms with Crippen LogP contribution in [-0.2, 0) is 11.2 Å². The molecule has 0 saturated carbocycles. The number of esters is 1. The first-order valence-electron chi connectivity index (χ1n) is 11.8. The minimum atomic E-state index is -1.27. The lowest BCUT2D eigenvalue weighted by atomic mass is 9.74. The van der Waals surface area contributed by atoms with Gasteiger partial charge in [0.15, 0.2) is 0 Å². The zero-order valence-electron chi connectivity index (χ0n) is 20.2. The van der Waals surface area contributed by atoms with E-state index >= 15 is 0 Å². The van der Waals surface area contributed by atoms with Crippen LogP contribution in [0.1, 0.15) is 82.1 Å². The summed E-state index contributed by atoms with van der Waals surface area (Å²) in [5.41, 5.74) is 2.41. The number of alkyl halides is 1. The maximum absolute atomic E-state index is 13.0. The van der Waals surface area contributed by atoms with Crippen molar-refractivity contribution in [1.29, 1.82) is 0 Å². The lowest BCUT2D eigenvalue weighted by molar-refractivity contribution is -0.0764. The molecule has 1 heterocycles. The third-order valence-corrected chi connectivity index (χ3v) is 8.76. The number of phenolic OH excluding ortho intramolecular Hbond substituents is 1. The molecule has 0 aromatic heterocycles. The minimum Gasteiger partial charge on any atom is -0.508 e. The van der Waals surface area contributed by atoms with Crippen LogP contribution in [0.4, 0.5) is 0 Å². The molecule has 5 nitrogen and oxygen atoms in total. The predicted octanol–water partition coefficient (Wildman–Crippen LogP) is 5.60. The topological polar surface area (TPSA) is 87.0 Å². The van der Waals surface area contributed by atoms with Gasteiger partial charge >= 0.3 is 5.97 Å². The summed E-state index contributed by atoms with van der Waals surface area (Å²) in [6, 6.07) is 4.77. The molecular formula is C27H37BrO5. The van der Waals surface area contributed by atoms with E-state index in [2.05, 4.69) is 29.4 Å². The molecule has 0 radical (unpaired) electrons. The fourth-order valence-corrected chi connectivity index (χ4v) is 5.39. The first-order chi connectivity index (χ1) is 15.3. The van der Waals surface area contributed by atoms with Crippen LogP contribution in [0.15, 0.2) is 41.5 Å². The second-order valence-corrected chi connectivity index (χ2v) is 11.6. The van der Waals surface area contributed by atoms with Gasteiger partial charge in [-0.15, -0.1) is 0 Å². The van der Waals surface area contributed by atoms with Gasteiger partial charge in [0.25, 0.3) is 0 Å². The Balaban J connectivity index is 2.05. The Morgan fingerprint density at radius 3 is 2.58 bits per heavy atom. The van der Waals surface area contributed by atoms with E-state index in [1.54, 1.807) is 32.9 Å². The van der Waals surface area contributed by atoms with E-state index in [1.165, 1.54) is 22.8 Å². The molecule has 1 aromatic carbocycles. The maximum Gasteiger partial charge on any atom is 0.338 e. The SMILES string of the molecule is C=C1CCC(C)=C2Cc3cc(ccc3O)C(=O)O[C@H](C(C)(C)O)CC[C@](C)(O)[C@H](Br)CCC12. The second kappa shape index (κ2) is 9.93. The summed E-state index contributed by atoms with van der Waals surface area (Å²) in [5.74, 6) is -0.242. The molecule has 1 aliphatic carbocycles. The van der Waals surface area contributed by atoms with E-state index in [0.29, 0.717) is 30.4 Å². The van der Waals surface area contributed by atoms with Crippen LogP contribution in [-0.4, -0.2) is 43.4 Å². The Morgan fingerprint density at radius 2 is 1.91 bits per heavy atom. The van der Waals surface area contributed by atoms with Gasteiger partial charge in [-0.05, 0) is 96.4 Å². The highest BCUT2D eigenvalue weighted by atomic mass is 79.9. The van der Waals surface area contributed by atoms with Crippen molar-refractivity contribution in [2.75, 3.05) is 0 Å². The number of phenols is 1. The number of hydrogen-bond acceptors (Lipinski definition) is 5. The average molecular weight is 521 g/mol. The molecule has 6 heteroatoms. The van der Waals surface area contributed by atoms with Gasteiger partial charge in [-0.1, -0.05) is 39.2 Å². The third kappa shape index (κ3) is 6.09. The number of aliphatic hydroxyl groups is 2. The lowest BCUT2D eigenvalue weighted by Gasteiger charge is -2.35. The van der Waals surface area contributed by atoms with Gasteiger partial charge in [0, 0.05) is 10.7 Å². The number of cyclic esters (lactones) is 1. The molecule has 0 spiro atoms. The molecule has 2 aliphatic rings. The molecule has 0 fully saturated rings. The molecule has 0 saturated heterocycles. The van der Waals surface area contributed by atoms with Crippen LogP contribution in [0.2, 0.25) is 0 Å². The zero-order valence-corrected chi connectivity index (χ0v) is 21.7. The van der Waals surface area contributed by atoms with Crippen molar-refractivity contribution in [2.45, 2.75) is 94.8 Å². The van der Waals surface area contributed by atoms with Gasteiger partial charge in [0.1, 0.15) is 11.9 Å². The number of carbonyl (C=O) groups excluding carboxylic acids is 1. The highest BCUT2D eigenvalue weighted by molar-refractivity contribution is 9.09. The Hall–Kier alpha value is -1.63. The highest BCUT2D eigenvalue weighted by Gasteiger charge is 2.37. The first kappa shape index (κ1) is 26.0. The number of fused-ring (bicyclic) bond motifs is 3. The largest absolute Gasteiger partial charge is 0.508 e. The van der Waals surface area contributed by atoms with Gasteiger partial charge in [0.2, 0.25) is 0 Å². The number of ether oxygens (including phenoxy) is 1. The van der Waals surface area contributed by atoms with E-state index in [-0.39, 0.29) is 16.5 Å². The maximum atomic E-state index is 13.0. The van der Waals surface area contributed by atoms with E-state index in [1.807, 2.05) is 0 Å². The van der Waals surface area contributed by atoms with Crippen LogP contribution in [0, 0.1) is 5.92 Å². The fraction of sp³-hybridized carbons (Fsp3) is 0.593. The van der Waals surface area contributed by atoms with Crippen LogP contribution >= 0.6 is 15.9 Å². The van der Waals surface area contributed by atoms with Crippen molar-refractivity contribution in [3.8, 4) is 5.75 Å². The molecule has 1 unspecified atom stereocenters. The van der Waals surface area contributed by atoms with Crippen molar-refractivity contribution in [1.82, 2.24) is 0 Å². The van der Waals surface area contributed by atoms with Gasteiger partial charge < -0.3 is 20.1 Å². The van der Waals surface area contributed by atoms with Gasteiger partial charge in [0.05, 0.1) is 16.8 Å². The summed E-state index contributed by atoms with van der Waals surface area (Å²) in [4.78, 5) is 12.8. The number of halogens is 1. The highest BCUT2D eigenvalue weighted by Crippen LogP contribution is 2.41. The first-order valence-corrected chi connectivity index (χ1v) is 12.7. The molecule has 4 atom stereocenters. The number of aromatic hydroxyl groups is 1. The van der Waals surface area contributed by atoms with Crippen molar-refractivity contribution in [3.63, 3.8) is 0 Å². The van der Waals surface area contributed by atoms with Gasteiger partial charge in [-0.2, -0.15) is 0 Å². The van der Waals surface area contributed by atoms with E-state index in [0.717, 1.165) is 25.7 Å². The molecule has 33 heavy (non-hydrogen) atoms. The molecule has 182 valence electrons. The summed E-state index contributed by atoms with van der Waals surface area (Å²) >= 11 is 3.70. The number of carbonyl (C=O) groups is 1. The summed E-state index contributed by atoms with van der Waals surface area (Å²) in [6.07, 6.45) is 3.88. The van der Waals surface area contributed by atoms with Crippen LogP contribution in [0.25, 0.3) is 0 Å². The smallest absolute Gasteiger partial charge is 0.338 e. The van der Waals surface area contributed by atoms with Crippen molar-refractivity contribution in [2.24, 2.45) is 5.92 Å². The summed E-state index contributed by atoms with van der Waals surface area (Å²) in [5, 5.41) is 32.4. The van der Waals surface area contributed by atoms with Crippen LogP contribution < -0.4 is 0 Å². The Bertz CT molecular complexity index is 940. The van der Waals surface area contributed by atoms with Gasteiger partial charge in [-0.25, -0.2) is 4.79 Å². The Morgan fingerprint density at radius 1 is 1.21 bits per heavy atom. The summed E-state index contributed by atoms with van der Waals surface area (Å²) < 4.78 is 5.72. The van der Waals surface area contributed by atoms with Gasteiger partial charge in [-0.3, -0.25) is 0 Å².